The summed E-state index contributed by atoms with van der Waals surface area (Å²) in [6.45, 7) is 18.7. The summed E-state index contributed by atoms with van der Waals surface area (Å²) in [6, 6.07) is 5.99. The first-order valence-electron chi connectivity index (χ1n) is 8.17. The molecule has 0 spiro atoms. The molecule has 0 N–H and O–H groups in total. The number of hydrogen-bond acceptors (Lipinski definition) is 1. The maximum atomic E-state index is 2.67. The van der Waals surface area contributed by atoms with E-state index in [1.165, 1.54) is 5.56 Å². The minimum Gasteiger partial charge on any atom is -0.285 e. The lowest BCUT2D eigenvalue weighted by atomic mass is 9.85. The number of benzene rings is 1. The maximum absolute atomic E-state index is 2.67. The van der Waals surface area contributed by atoms with Gasteiger partial charge >= 0.3 is 0 Å². The van der Waals surface area contributed by atoms with E-state index in [9.17, 15) is 0 Å². The van der Waals surface area contributed by atoms with E-state index in [4.69, 9.17) is 0 Å². The van der Waals surface area contributed by atoms with E-state index in [0.29, 0.717) is 18.0 Å². The molecule has 1 nitrogen and oxygen atoms in total. The van der Waals surface area contributed by atoms with Crippen LogP contribution in [0, 0.1) is 0 Å². The largest absolute Gasteiger partial charge is 0.285 e. The van der Waals surface area contributed by atoms with Crippen LogP contribution < -0.4 is 0 Å². The van der Waals surface area contributed by atoms with E-state index in [0.717, 1.165) is 6.42 Å². The van der Waals surface area contributed by atoms with Gasteiger partial charge in [-0.15, -0.1) is 0 Å². The molecule has 1 heteroatoms. The second-order valence-electron chi connectivity index (χ2n) is 7.39. The average molecular weight is 273 g/mol. The standard InChI is InChI=1S/C19H31N/c1-9-15-10-16(12(2)3)18-14(6)20(13(4)5)19(7,8)17(18)11-15/h10-14H,9H2,1-8H3/t14-/m0/s1. The Morgan fingerprint density at radius 2 is 1.75 bits per heavy atom. The van der Waals surface area contributed by atoms with Crippen molar-refractivity contribution in [3.05, 3.63) is 34.4 Å². The molecule has 1 aromatic rings. The van der Waals surface area contributed by atoms with Crippen molar-refractivity contribution >= 4 is 0 Å². The molecule has 2 rings (SSSR count). The zero-order valence-electron chi connectivity index (χ0n) is 14.5. The van der Waals surface area contributed by atoms with Crippen molar-refractivity contribution in [2.45, 2.75) is 85.4 Å². The second-order valence-corrected chi connectivity index (χ2v) is 7.39. The van der Waals surface area contributed by atoms with Crippen LogP contribution in [0.2, 0.25) is 0 Å². The van der Waals surface area contributed by atoms with Gasteiger partial charge in [-0.3, -0.25) is 4.90 Å². The zero-order chi connectivity index (χ0) is 15.2. The number of hydrogen-bond donors (Lipinski definition) is 0. The van der Waals surface area contributed by atoms with Crippen LogP contribution in [0.3, 0.4) is 0 Å². The first kappa shape index (κ1) is 15.6. The monoisotopic (exact) mass is 273 g/mol. The fourth-order valence-corrected chi connectivity index (χ4v) is 4.25. The summed E-state index contributed by atoms with van der Waals surface area (Å²) in [5.41, 5.74) is 6.33. The van der Waals surface area contributed by atoms with Crippen LogP contribution in [-0.2, 0) is 12.0 Å². The molecule has 0 fully saturated rings. The van der Waals surface area contributed by atoms with Crippen LogP contribution in [0.25, 0.3) is 0 Å². The maximum Gasteiger partial charge on any atom is 0.0416 e. The molecule has 1 aliphatic heterocycles. The van der Waals surface area contributed by atoms with Gasteiger partial charge < -0.3 is 0 Å². The first-order chi connectivity index (χ1) is 9.21. The minimum absolute atomic E-state index is 0.137. The quantitative estimate of drug-likeness (QED) is 0.713. The van der Waals surface area contributed by atoms with Crippen molar-refractivity contribution in [3.63, 3.8) is 0 Å². The van der Waals surface area contributed by atoms with Gasteiger partial charge in [-0.05, 0) is 69.2 Å². The molecule has 0 unspecified atom stereocenters. The van der Waals surface area contributed by atoms with Crippen molar-refractivity contribution in [2.24, 2.45) is 0 Å². The van der Waals surface area contributed by atoms with Crippen LogP contribution in [0.1, 0.15) is 89.6 Å². The van der Waals surface area contributed by atoms with Crippen molar-refractivity contribution in [1.29, 1.82) is 0 Å². The normalized spacial score (nSPS) is 21.8. The number of nitrogens with zero attached hydrogens (tertiary/aromatic N) is 1. The number of fused-ring (bicyclic) bond motifs is 1. The Kier molecular flexibility index (Phi) is 4.03. The zero-order valence-corrected chi connectivity index (χ0v) is 14.5. The van der Waals surface area contributed by atoms with Gasteiger partial charge in [-0.1, -0.05) is 32.9 Å². The fourth-order valence-electron chi connectivity index (χ4n) is 4.25. The Morgan fingerprint density at radius 1 is 1.15 bits per heavy atom. The third kappa shape index (κ3) is 2.20. The summed E-state index contributed by atoms with van der Waals surface area (Å²) >= 11 is 0. The molecule has 1 aromatic carbocycles. The number of aryl methyl sites for hydroxylation is 1. The van der Waals surface area contributed by atoms with E-state index >= 15 is 0 Å². The summed E-state index contributed by atoms with van der Waals surface area (Å²) in [4.78, 5) is 2.67. The van der Waals surface area contributed by atoms with E-state index in [1.54, 1.807) is 16.7 Å². The summed E-state index contributed by atoms with van der Waals surface area (Å²) in [5, 5.41) is 0. The lowest BCUT2D eigenvalue weighted by Crippen LogP contribution is -2.41. The molecule has 0 radical (unpaired) electrons. The molecule has 0 bridgehead atoms. The fraction of sp³-hybridized carbons (Fsp3) is 0.684. The van der Waals surface area contributed by atoms with Gasteiger partial charge in [0.15, 0.2) is 0 Å². The highest BCUT2D eigenvalue weighted by Gasteiger charge is 2.44. The van der Waals surface area contributed by atoms with Crippen molar-refractivity contribution in [3.8, 4) is 0 Å². The van der Waals surface area contributed by atoms with Crippen LogP contribution in [0.15, 0.2) is 12.1 Å². The lowest BCUT2D eigenvalue weighted by molar-refractivity contribution is 0.0660. The topological polar surface area (TPSA) is 3.24 Å². The molecule has 0 aromatic heterocycles. The Morgan fingerprint density at radius 3 is 2.20 bits per heavy atom. The molecule has 112 valence electrons. The Labute approximate surface area is 125 Å². The highest BCUT2D eigenvalue weighted by atomic mass is 15.3. The lowest BCUT2D eigenvalue weighted by Gasteiger charge is -2.38. The summed E-state index contributed by atoms with van der Waals surface area (Å²) in [7, 11) is 0. The molecule has 0 amide bonds. The van der Waals surface area contributed by atoms with Crippen molar-refractivity contribution < 1.29 is 0 Å². The molecule has 1 aliphatic rings. The van der Waals surface area contributed by atoms with E-state index in [2.05, 4.69) is 72.4 Å². The molecule has 1 heterocycles. The van der Waals surface area contributed by atoms with Gasteiger partial charge in [-0.2, -0.15) is 0 Å². The molecule has 20 heavy (non-hydrogen) atoms. The SMILES string of the molecule is CCc1cc(C(C)C)c2c(c1)C(C)(C)N(C(C)C)[C@H]2C. The molecular formula is C19H31N. The van der Waals surface area contributed by atoms with Crippen molar-refractivity contribution in [2.75, 3.05) is 0 Å². The predicted molar refractivity (Wildman–Crippen MR) is 88.3 cm³/mol. The van der Waals surface area contributed by atoms with Gasteiger partial charge in [0, 0.05) is 17.6 Å². The van der Waals surface area contributed by atoms with Crippen LogP contribution in [0.5, 0.6) is 0 Å². The van der Waals surface area contributed by atoms with Crippen LogP contribution >= 0.6 is 0 Å². The summed E-state index contributed by atoms with van der Waals surface area (Å²) < 4.78 is 0. The molecule has 0 saturated heterocycles. The van der Waals surface area contributed by atoms with Crippen LogP contribution in [-0.4, -0.2) is 10.9 Å². The van der Waals surface area contributed by atoms with E-state index in [-0.39, 0.29) is 5.54 Å². The molecule has 1 atom stereocenters. The van der Waals surface area contributed by atoms with Gasteiger partial charge in [0.1, 0.15) is 0 Å². The Hall–Kier alpha value is -0.820. The van der Waals surface area contributed by atoms with Gasteiger partial charge in [0.25, 0.3) is 0 Å². The highest BCUT2D eigenvalue weighted by molar-refractivity contribution is 5.49. The van der Waals surface area contributed by atoms with Crippen molar-refractivity contribution in [1.82, 2.24) is 4.90 Å². The minimum atomic E-state index is 0.137. The van der Waals surface area contributed by atoms with Crippen LogP contribution in [0.4, 0.5) is 0 Å². The third-order valence-corrected chi connectivity index (χ3v) is 5.00. The van der Waals surface area contributed by atoms with Gasteiger partial charge in [0.05, 0.1) is 0 Å². The highest BCUT2D eigenvalue weighted by Crippen LogP contribution is 2.49. The first-order valence-corrected chi connectivity index (χ1v) is 8.17. The second kappa shape index (κ2) is 5.18. The number of rotatable bonds is 3. The average Bonchev–Trinajstić information content (AvgIpc) is 2.55. The third-order valence-electron chi connectivity index (χ3n) is 5.00. The molecule has 0 saturated carbocycles. The Balaban J connectivity index is 2.70. The van der Waals surface area contributed by atoms with Gasteiger partial charge in [0.2, 0.25) is 0 Å². The molecule has 0 aliphatic carbocycles. The van der Waals surface area contributed by atoms with E-state index < -0.39 is 0 Å². The smallest absolute Gasteiger partial charge is 0.0416 e. The van der Waals surface area contributed by atoms with E-state index in [1.807, 2.05) is 0 Å². The summed E-state index contributed by atoms with van der Waals surface area (Å²) in [6.07, 6.45) is 1.12. The summed E-state index contributed by atoms with van der Waals surface area (Å²) in [5.74, 6) is 0.598. The Bertz CT molecular complexity index is 497. The molecular weight excluding hydrogens is 242 g/mol. The van der Waals surface area contributed by atoms with Gasteiger partial charge in [-0.25, -0.2) is 0 Å². The predicted octanol–water partition coefficient (Wildman–Crippen LogP) is 5.39.